The Bertz CT molecular complexity index is 727. The van der Waals surface area contributed by atoms with Gasteiger partial charge in [0, 0.05) is 31.2 Å². The maximum Gasteiger partial charge on any atom is 0.258 e. The molecule has 1 saturated heterocycles. The van der Waals surface area contributed by atoms with Crippen LogP contribution in [-0.2, 0) is 0 Å². The third-order valence-electron chi connectivity index (χ3n) is 4.61. The van der Waals surface area contributed by atoms with Crippen molar-refractivity contribution < 1.29 is 4.79 Å². The van der Waals surface area contributed by atoms with Gasteiger partial charge in [-0.3, -0.25) is 4.79 Å². The van der Waals surface area contributed by atoms with Gasteiger partial charge >= 0.3 is 0 Å². The molecule has 126 valence electrons. The molecule has 1 aromatic carbocycles. The van der Waals surface area contributed by atoms with E-state index >= 15 is 0 Å². The highest BCUT2D eigenvalue weighted by Crippen LogP contribution is 2.20. The molecule has 2 heterocycles. The number of piperidine rings is 1. The van der Waals surface area contributed by atoms with Crippen LogP contribution in [0.5, 0.6) is 0 Å². The van der Waals surface area contributed by atoms with Crippen molar-refractivity contribution in [1.82, 2.24) is 9.97 Å². The number of aryl methyl sites for hydroxylation is 2. The van der Waals surface area contributed by atoms with Crippen LogP contribution in [0.25, 0.3) is 0 Å². The van der Waals surface area contributed by atoms with Gasteiger partial charge < -0.3 is 10.2 Å². The van der Waals surface area contributed by atoms with Crippen molar-refractivity contribution >= 4 is 17.5 Å². The van der Waals surface area contributed by atoms with Crippen LogP contribution in [0.1, 0.15) is 41.3 Å². The molecule has 1 unspecified atom stereocenters. The maximum atomic E-state index is 12.3. The molecule has 0 spiro atoms. The molecule has 1 aromatic heterocycles. The molecule has 1 N–H and O–H groups in total. The Hall–Kier alpha value is -2.43. The van der Waals surface area contributed by atoms with Crippen LogP contribution < -0.4 is 10.2 Å². The van der Waals surface area contributed by atoms with E-state index in [-0.39, 0.29) is 5.91 Å². The van der Waals surface area contributed by atoms with Gasteiger partial charge in [-0.25, -0.2) is 9.97 Å². The second-order valence-corrected chi connectivity index (χ2v) is 6.72. The fourth-order valence-corrected chi connectivity index (χ4v) is 3.00. The fraction of sp³-hybridized carbons (Fsp3) is 0.421. The Balaban J connectivity index is 1.68. The standard InChI is InChI=1S/C19H24N4O/c1-13-5-4-8-23(12-13)19-20-10-16(11-21-19)18(24)22-17-7-6-14(2)15(3)9-17/h6-7,9-11,13H,4-5,8,12H2,1-3H3,(H,22,24). The lowest BCUT2D eigenvalue weighted by Gasteiger charge is -2.30. The highest BCUT2D eigenvalue weighted by molar-refractivity contribution is 6.03. The summed E-state index contributed by atoms with van der Waals surface area (Å²) in [5.41, 5.74) is 3.62. The van der Waals surface area contributed by atoms with Crippen LogP contribution >= 0.6 is 0 Å². The SMILES string of the molecule is Cc1ccc(NC(=O)c2cnc(N3CCCC(C)C3)nc2)cc1C. The van der Waals surface area contributed by atoms with Crippen molar-refractivity contribution in [3.63, 3.8) is 0 Å². The number of nitrogens with one attached hydrogen (secondary N) is 1. The molecule has 0 radical (unpaired) electrons. The predicted molar refractivity (Wildman–Crippen MR) is 96.5 cm³/mol. The summed E-state index contributed by atoms with van der Waals surface area (Å²) >= 11 is 0. The Morgan fingerprint density at radius 3 is 2.62 bits per heavy atom. The topological polar surface area (TPSA) is 58.1 Å². The zero-order valence-corrected chi connectivity index (χ0v) is 14.5. The molecule has 0 bridgehead atoms. The summed E-state index contributed by atoms with van der Waals surface area (Å²) < 4.78 is 0. The lowest BCUT2D eigenvalue weighted by atomic mass is 10.0. The van der Waals surface area contributed by atoms with E-state index in [9.17, 15) is 4.79 Å². The molecule has 24 heavy (non-hydrogen) atoms. The molecular weight excluding hydrogens is 300 g/mol. The summed E-state index contributed by atoms with van der Waals surface area (Å²) in [4.78, 5) is 23.3. The molecule has 2 aromatic rings. The normalized spacial score (nSPS) is 17.6. The second-order valence-electron chi connectivity index (χ2n) is 6.72. The van der Waals surface area contributed by atoms with Gasteiger partial charge in [-0.05, 0) is 55.9 Å². The minimum atomic E-state index is -0.184. The molecule has 5 nitrogen and oxygen atoms in total. The Morgan fingerprint density at radius 1 is 1.21 bits per heavy atom. The van der Waals surface area contributed by atoms with Gasteiger partial charge in [-0.15, -0.1) is 0 Å². The third-order valence-corrected chi connectivity index (χ3v) is 4.61. The van der Waals surface area contributed by atoms with Crippen LogP contribution in [0, 0.1) is 19.8 Å². The van der Waals surface area contributed by atoms with E-state index in [1.807, 2.05) is 25.1 Å². The molecule has 1 aliphatic rings. The van der Waals surface area contributed by atoms with Gasteiger partial charge in [0.1, 0.15) is 0 Å². The summed E-state index contributed by atoms with van der Waals surface area (Å²) in [7, 11) is 0. The molecule has 0 saturated carbocycles. The first-order chi connectivity index (χ1) is 11.5. The number of benzene rings is 1. The highest BCUT2D eigenvalue weighted by atomic mass is 16.1. The van der Waals surface area contributed by atoms with E-state index in [1.165, 1.54) is 18.4 Å². The first-order valence-electron chi connectivity index (χ1n) is 8.48. The zero-order valence-electron chi connectivity index (χ0n) is 14.5. The first kappa shape index (κ1) is 16.4. The highest BCUT2D eigenvalue weighted by Gasteiger charge is 2.19. The Labute approximate surface area is 143 Å². The van der Waals surface area contributed by atoms with Crippen LogP contribution in [-0.4, -0.2) is 29.0 Å². The molecule has 5 heteroatoms. The molecule has 1 amide bonds. The Kier molecular flexibility index (Phi) is 4.79. The number of hydrogen-bond donors (Lipinski definition) is 1. The van der Waals surface area contributed by atoms with E-state index in [0.29, 0.717) is 17.4 Å². The Morgan fingerprint density at radius 2 is 1.96 bits per heavy atom. The van der Waals surface area contributed by atoms with Gasteiger partial charge in [-0.1, -0.05) is 13.0 Å². The third kappa shape index (κ3) is 3.72. The average molecular weight is 324 g/mol. The lowest BCUT2D eigenvalue weighted by Crippen LogP contribution is -2.35. The summed E-state index contributed by atoms with van der Waals surface area (Å²) in [6, 6.07) is 5.88. The summed E-state index contributed by atoms with van der Waals surface area (Å²) in [6.07, 6.45) is 5.64. The number of carbonyl (C=O) groups is 1. The monoisotopic (exact) mass is 324 g/mol. The smallest absolute Gasteiger partial charge is 0.258 e. The van der Waals surface area contributed by atoms with Crippen LogP contribution in [0.15, 0.2) is 30.6 Å². The molecule has 3 rings (SSSR count). The quantitative estimate of drug-likeness (QED) is 0.937. The van der Waals surface area contributed by atoms with Crippen molar-refractivity contribution in [3.8, 4) is 0 Å². The van der Waals surface area contributed by atoms with Crippen molar-refractivity contribution in [1.29, 1.82) is 0 Å². The van der Waals surface area contributed by atoms with E-state index in [2.05, 4.69) is 34.0 Å². The summed E-state index contributed by atoms with van der Waals surface area (Å²) in [5, 5.41) is 2.90. The summed E-state index contributed by atoms with van der Waals surface area (Å²) in [5.74, 6) is 1.19. The van der Waals surface area contributed by atoms with Gasteiger partial charge in [0.2, 0.25) is 5.95 Å². The predicted octanol–water partition coefficient (Wildman–Crippen LogP) is 3.58. The van der Waals surface area contributed by atoms with Crippen LogP contribution in [0.3, 0.4) is 0 Å². The van der Waals surface area contributed by atoms with Crippen molar-refractivity contribution in [2.45, 2.75) is 33.6 Å². The number of aromatic nitrogens is 2. The van der Waals surface area contributed by atoms with Crippen molar-refractivity contribution in [3.05, 3.63) is 47.3 Å². The molecule has 1 aliphatic heterocycles. The largest absolute Gasteiger partial charge is 0.341 e. The van der Waals surface area contributed by atoms with Gasteiger partial charge in [0.25, 0.3) is 5.91 Å². The minimum Gasteiger partial charge on any atom is -0.341 e. The first-order valence-corrected chi connectivity index (χ1v) is 8.48. The maximum absolute atomic E-state index is 12.3. The van der Waals surface area contributed by atoms with Crippen molar-refractivity contribution in [2.24, 2.45) is 5.92 Å². The summed E-state index contributed by atoms with van der Waals surface area (Å²) in [6.45, 7) is 8.29. The fourth-order valence-electron chi connectivity index (χ4n) is 3.00. The molecule has 0 aliphatic carbocycles. The van der Waals surface area contributed by atoms with Crippen LogP contribution in [0.4, 0.5) is 11.6 Å². The number of hydrogen-bond acceptors (Lipinski definition) is 4. The lowest BCUT2D eigenvalue weighted by molar-refractivity contribution is 0.102. The van der Waals surface area contributed by atoms with Crippen LogP contribution in [0.2, 0.25) is 0 Å². The number of amides is 1. The number of carbonyl (C=O) groups excluding carboxylic acids is 1. The second kappa shape index (κ2) is 6.99. The molecule has 1 fully saturated rings. The van der Waals surface area contributed by atoms with E-state index < -0.39 is 0 Å². The molecule has 1 atom stereocenters. The molecular formula is C19H24N4O. The van der Waals surface area contributed by atoms with E-state index in [0.717, 1.165) is 24.3 Å². The van der Waals surface area contributed by atoms with Gasteiger partial charge in [-0.2, -0.15) is 0 Å². The van der Waals surface area contributed by atoms with Crippen molar-refractivity contribution in [2.75, 3.05) is 23.3 Å². The number of rotatable bonds is 3. The number of anilines is 2. The van der Waals surface area contributed by atoms with E-state index in [1.54, 1.807) is 12.4 Å². The number of nitrogens with zero attached hydrogens (tertiary/aromatic N) is 3. The van der Waals surface area contributed by atoms with Gasteiger partial charge in [0.15, 0.2) is 0 Å². The van der Waals surface area contributed by atoms with E-state index in [4.69, 9.17) is 0 Å². The minimum absolute atomic E-state index is 0.184. The zero-order chi connectivity index (χ0) is 17.1. The van der Waals surface area contributed by atoms with Gasteiger partial charge in [0.05, 0.1) is 5.56 Å². The average Bonchev–Trinajstić information content (AvgIpc) is 2.58.